The first-order valence-electron chi connectivity index (χ1n) is 10.4. The molecule has 4 atom stereocenters. The van der Waals surface area contributed by atoms with E-state index in [9.17, 15) is 4.79 Å². The molecule has 29 heavy (non-hydrogen) atoms. The lowest BCUT2D eigenvalue weighted by molar-refractivity contribution is -0.0259. The molecule has 4 aliphatic rings. The number of nitrogens with zero attached hydrogens (tertiary/aromatic N) is 2. The van der Waals surface area contributed by atoms with Gasteiger partial charge in [0.25, 0.3) is 0 Å². The number of hydrogen-bond donors (Lipinski definition) is 1. The quantitative estimate of drug-likeness (QED) is 0.833. The molecular formula is C22H29N3O4. The molecule has 0 aromatic heterocycles. The lowest BCUT2D eigenvalue weighted by atomic mass is 9.53. The first-order valence-corrected chi connectivity index (χ1v) is 10.4. The number of methoxy groups -OCH3 is 1. The van der Waals surface area contributed by atoms with Crippen LogP contribution < -0.4 is 15.2 Å². The predicted octanol–water partition coefficient (Wildman–Crippen LogP) is 1.89. The number of nitrogens with two attached hydrogens (primary N) is 1. The second kappa shape index (κ2) is 6.64. The Bertz CT molecular complexity index is 885. The van der Waals surface area contributed by atoms with Crippen LogP contribution in [-0.4, -0.2) is 68.9 Å². The van der Waals surface area contributed by atoms with Crippen molar-refractivity contribution >= 4 is 6.09 Å². The van der Waals surface area contributed by atoms with Gasteiger partial charge < -0.3 is 29.7 Å². The molecule has 7 nitrogen and oxygen atoms in total. The SMILES string of the molecule is COc1ccc2c3c1OC1C(OC(=O)N(C)CCN)=CCC4C(C2)N(C)CCC314. The van der Waals surface area contributed by atoms with Gasteiger partial charge in [0, 0.05) is 37.2 Å². The van der Waals surface area contributed by atoms with Crippen LogP contribution in [0.5, 0.6) is 11.5 Å². The van der Waals surface area contributed by atoms with Gasteiger partial charge in [-0.25, -0.2) is 4.79 Å². The predicted molar refractivity (Wildman–Crippen MR) is 108 cm³/mol. The number of likely N-dealkylation sites (tertiary alicyclic amines) is 1. The van der Waals surface area contributed by atoms with Crippen molar-refractivity contribution in [3.63, 3.8) is 0 Å². The molecule has 1 saturated heterocycles. The van der Waals surface area contributed by atoms with Crippen molar-refractivity contribution in [2.75, 3.05) is 40.8 Å². The fourth-order valence-corrected chi connectivity index (χ4v) is 6.03. The van der Waals surface area contributed by atoms with Crippen LogP contribution in [0, 0.1) is 5.92 Å². The zero-order valence-electron chi connectivity index (χ0n) is 17.3. The van der Waals surface area contributed by atoms with Gasteiger partial charge in [0.05, 0.1) is 7.11 Å². The van der Waals surface area contributed by atoms with E-state index in [1.54, 1.807) is 14.2 Å². The summed E-state index contributed by atoms with van der Waals surface area (Å²) in [4.78, 5) is 16.6. The highest BCUT2D eigenvalue weighted by atomic mass is 16.6. The van der Waals surface area contributed by atoms with Crippen LogP contribution in [0.25, 0.3) is 0 Å². The van der Waals surface area contributed by atoms with Crippen molar-refractivity contribution in [1.82, 2.24) is 9.80 Å². The fraction of sp³-hybridized carbons (Fsp3) is 0.591. The first-order chi connectivity index (χ1) is 14.0. The number of amides is 1. The largest absolute Gasteiger partial charge is 0.493 e. The molecule has 2 aliphatic heterocycles. The normalized spacial score (nSPS) is 31.4. The summed E-state index contributed by atoms with van der Waals surface area (Å²) in [5.74, 6) is 2.66. The monoisotopic (exact) mass is 399 g/mol. The van der Waals surface area contributed by atoms with Crippen molar-refractivity contribution in [2.45, 2.75) is 36.8 Å². The maximum atomic E-state index is 12.6. The number of allylic oxidation sites excluding steroid dienone is 1. The Kier molecular flexibility index (Phi) is 4.29. The van der Waals surface area contributed by atoms with E-state index in [2.05, 4.69) is 24.1 Å². The van der Waals surface area contributed by atoms with Crippen LogP contribution >= 0.6 is 0 Å². The Labute approximate surface area is 171 Å². The Morgan fingerprint density at radius 3 is 3.03 bits per heavy atom. The molecule has 1 amide bonds. The lowest BCUT2D eigenvalue weighted by Crippen LogP contribution is -2.63. The highest BCUT2D eigenvalue weighted by Crippen LogP contribution is 2.63. The van der Waals surface area contributed by atoms with E-state index < -0.39 is 0 Å². The smallest absolute Gasteiger partial charge is 0.414 e. The number of carbonyl (C=O) groups excluding carboxylic acids is 1. The minimum Gasteiger partial charge on any atom is -0.493 e. The van der Waals surface area contributed by atoms with Gasteiger partial charge in [-0.2, -0.15) is 0 Å². The number of carbonyl (C=O) groups is 1. The van der Waals surface area contributed by atoms with E-state index >= 15 is 0 Å². The van der Waals surface area contributed by atoms with Crippen LogP contribution in [0.1, 0.15) is 24.0 Å². The molecule has 2 aliphatic carbocycles. The molecule has 2 bridgehead atoms. The highest BCUT2D eigenvalue weighted by Gasteiger charge is 2.64. The van der Waals surface area contributed by atoms with Crippen molar-refractivity contribution in [3.8, 4) is 11.5 Å². The summed E-state index contributed by atoms with van der Waals surface area (Å²) < 4.78 is 18.1. The third-order valence-electron chi connectivity index (χ3n) is 7.41. The van der Waals surface area contributed by atoms with E-state index in [1.807, 2.05) is 6.07 Å². The molecule has 7 heteroatoms. The van der Waals surface area contributed by atoms with Crippen LogP contribution in [-0.2, 0) is 16.6 Å². The van der Waals surface area contributed by atoms with Crippen molar-refractivity contribution in [3.05, 3.63) is 35.1 Å². The minimum absolute atomic E-state index is 0.161. The molecular weight excluding hydrogens is 370 g/mol. The number of ether oxygens (including phenoxy) is 3. The van der Waals surface area contributed by atoms with Gasteiger partial charge in [-0.3, -0.25) is 0 Å². The zero-order chi connectivity index (χ0) is 20.3. The van der Waals surface area contributed by atoms with Crippen LogP contribution in [0.4, 0.5) is 4.79 Å². The van der Waals surface area contributed by atoms with E-state index in [0.717, 1.165) is 37.3 Å². The molecule has 5 rings (SSSR count). The molecule has 156 valence electrons. The van der Waals surface area contributed by atoms with E-state index in [1.165, 1.54) is 16.0 Å². The van der Waals surface area contributed by atoms with Gasteiger partial charge in [0.1, 0.15) is 5.76 Å². The molecule has 2 N–H and O–H groups in total. The standard InChI is InChI=1S/C22H29N3O4/c1-24-10-8-22-14-5-7-17(28-21(26)25(2)11-9-23)20(22)29-19-16(27-3)6-4-13(18(19)22)12-15(14)24/h4,6-7,14-15,20H,5,8-12,23H2,1-3H3. The van der Waals surface area contributed by atoms with Gasteiger partial charge in [0.2, 0.25) is 0 Å². The molecule has 2 heterocycles. The van der Waals surface area contributed by atoms with Gasteiger partial charge in [-0.15, -0.1) is 0 Å². The summed E-state index contributed by atoms with van der Waals surface area (Å²) in [5.41, 5.74) is 8.05. The maximum absolute atomic E-state index is 12.6. The number of piperidine rings is 1. The molecule has 0 saturated carbocycles. The molecule has 1 aromatic carbocycles. The first kappa shape index (κ1) is 18.8. The summed E-state index contributed by atoms with van der Waals surface area (Å²) in [5, 5.41) is 0. The lowest BCUT2D eigenvalue weighted by Gasteiger charge is -2.56. The fourth-order valence-electron chi connectivity index (χ4n) is 6.03. The summed E-state index contributed by atoms with van der Waals surface area (Å²) in [6.45, 7) is 1.86. The number of benzene rings is 1. The summed E-state index contributed by atoms with van der Waals surface area (Å²) in [6, 6.07) is 4.66. The van der Waals surface area contributed by atoms with Gasteiger partial charge >= 0.3 is 6.09 Å². The molecule has 1 spiro atoms. The van der Waals surface area contributed by atoms with Crippen LogP contribution in [0.15, 0.2) is 24.0 Å². The van der Waals surface area contributed by atoms with E-state index in [4.69, 9.17) is 19.9 Å². The van der Waals surface area contributed by atoms with Crippen LogP contribution in [0.3, 0.4) is 0 Å². The molecule has 0 radical (unpaired) electrons. The van der Waals surface area contributed by atoms with Crippen molar-refractivity contribution in [1.29, 1.82) is 0 Å². The minimum atomic E-state index is -0.386. The average Bonchev–Trinajstić information content (AvgIpc) is 3.07. The molecule has 4 unspecified atom stereocenters. The number of hydrogen-bond acceptors (Lipinski definition) is 6. The Hall–Kier alpha value is -2.25. The van der Waals surface area contributed by atoms with Crippen LogP contribution in [0.2, 0.25) is 0 Å². The van der Waals surface area contributed by atoms with E-state index in [0.29, 0.717) is 30.8 Å². The van der Waals surface area contributed by atoms with Crippen molar-refractivity contribution < 1.29 is 19.0 Å². The Morgan fingerprint density at radius 1 is 1.45 bits per heavy atom. The number of rotatable bonds is 4. The third-order valence-corrected chi connectivity index (χ3v) is 7.41. The maximum Gasteiger partial charge on any atom is 0.414 e. The Balaban J connectivity index is 1.59. The molecule has 1 aromatic rings. The van der Waals surface area contributed by atoms with Gasteiger partial charge in [-0.05, 0) is 56.5 Å². The summed E-state index contributed by atoms with van der Waals surface area (Å²) in [7, 11) is 5.60. The zero-order valence-corrected chi connectivity index (χ0v) is 17.3. The van der Waals surface area contributed by atoms with Crippen molar-refractivity contribution in [2.24, 2.45) is 11.7 Å². The van der Waals surface area contributed by atoms with Gasteiger partial charge in [0.15, 0.2) is 17.6 Å². The van der Waals surface area contributed by atoms with Gasteiger partial charge in [-0.1, -0.05) is 6.07 Å². The topological polar surface area (TPSA) is 77.3 Å². The molecule has 1 fully saturated rings. The number of likely N-dealkylation sites (N-methyl/N-ethyl adjacent to an activating group) is 2. The Morgan fingerprint density at radius 2 is 2.28 bits per heavy atom. The summed E-state index contributed by atoms with van der Waals surface area (Å²) in [6.07, 6.45) is 4.27. The average molecular weight is 399 g/mol. The third kappa shape index (κ3) is 2.47. The van der Waals surface area contributed by atoms with E-state index in [-0.39, 0.29) is 17.6 Å². The second-order valence-electron chi connectivity index (χ2n) is 8.70. The summed E-state index contributed by atoms with van der Waals surface area (Å²) >= 11 is 0. The second-order valence-corrected chi connectivity index (χ2v) is 8.70. The highest BCUT2D eigenvalue weighted by molar-refractivity contribution is 5.69.